The molecule has 0 aromatic carbocycles. The first-order valence-corrected chi connectivity index (χ1v) is 31.5. The first kappa shape index (κ1) is 71.8. The molecule has 12 unspecified atom stereocenters. The van der Waals surface area contributed by atoms with Crippen molar-refractivity contribution in [3.8, 4) is 0 Å². The van der Waals surface area contributed by atoms with E-state index in [0.717, 1.165) is 51.4 Å². The maximum Gasteiger partial charge on any atom is 0.220 e. The zero-order chi connectivity index (χ0) is 56.7. The molecule has 1 amide bonds. The first-order valence-electron chi connectivity index (χ1n) is 31.5. The number of carbonyl (C=O) groups is 1. The number of hydrogen-bond acceptors (Lipinski definition) is 13. The zero-order valence-corrected chi connectivity index (χ0v) is 48.9. The largest absolute Gasteiger partial charge is 0.394 e. The Kier molecular flexibility index (Phi) is 45.4. The van der Waals surface area contributed by atoms with E-state index >= 15 is 0 Å². The van der Waals surface area contributed by atoms with E-state index in [2.05, 4.69) is 67.8 Å². The number of aliphatic hydroxyl groups is 8. The maximum absolute atomic E-state index is 13.3. The second-order valence-corrected chi connectivity index (χ2v) is 22.2. The second-order valence-electron chi connectivity index (χ2n) is 22.2. The minimum Gasteiger partial charge on any atom is -0.394 e. The monoisotopic (exact) mass is 1110 g/mol. The van der Waals surface area contributed by atoms with Crippen molar-refractivity contribution in [1.82, 2.24) is 5.32 Å². The molecule has 2 heterocycles. The van der Waals surface area contributed by atoms with Crippen LogP contribution < -0.4 is 5.32 Å². The fourth-order valence-corrected chi connectivity index (χ4v) is 10.1. The molecule has 0 aromatic heterocycles. The van der Waals surface area contributed by atoms with Crippen LogP contribution in [0.1, 0.15) is 245 Å². The van der Waals surface area contributed by atoms with Crippen molar-refractivity contribution in [3.63, 3.8) is 0 Å². The standard InChI is InChI=1S/C64H115NO13/c1-3-5-7-9-11-13-15-17-19-21-23-24-25-26-27-28-30-32-34-36-38-40-42-44-46-48-56(69)65-52(53(68)47-45-43-41-39-37-35-33-31-29-22-20-18-16-14-12-10-8-6-4-2)51-75-63-61(74)59(72)62(55(50-67)77-63)78-64-60(73)58(71)57(70)54(49-66)76-64/h15,17,21,23,25-26,37,39,45,47,52-55,57-64,66-68,70-74H,3-14,16,18-20,22,24,27-36,38,40-44,46,48-51H2,1-2H3,(H,65,69)/b17-15-,23-21-,26-25-,39-37+,47-45+. The van der Waals surface area contributed by atoms with Gasteiger partial charge in [-0.3, -0.25) is 4.79 Å². The summed E-state index contributed by atoms with van der Waals surface area (Å²) in [5, 5.41) is 87.2. The number of amides is 1. The van der Waals surface area contributed by atoms with Crippen LogP contribution in [0, 0.1) is 0 Å². The van der Waals surface area contributed by atoms with Crippen molar-refractivity contribution in [2.75, 3.05) is 19.8 Å². The Morgan fingerprint density at radius 3 is 1.35 bits per heavy atom. The molecule has 12 atom stereocenters. The van der Waals surface area contributed by atoms with Gasteiger partial charge in [-0.1, -0.05) is 229 Å². The third-order valence-electron chi connectivity index (χ3n) is 15.2. The molecule has 78 heavy (non-hydrogen) atoms. The molecule has 0 saturated carbocycles. The lowest BCUT2D eigenvalue weighted by Gasteiger charge is -2.46. The highest BCUT2D eigenvalue weighted by Crippen LogP contribution is 2.30. The number of unbranched alkanes of at least 4 members (excludes halogenated alkanes) is 29. The average Bonchev–Trinajstić information content (AvgIpc) is 3.44. The normalized spacial score (nSPS) is 24.9. The van der Waals surface area contributed by atoms with Crippen LogP contribution in [-0.4, -0.2) is 140 Å². The molecule has 0 spiro atoms. The summed E-state index contributed by atoms with van der Waals surface area (Å²) in [6.45, 7) is 2.78. The number of ether oxygens (including phenoxy) is 4. The van der Waals surface area contributed by atoms with Crippen LogP contribution in [0.5, 0.6) is 0 Å². The fourth-order valence-electron chi connectivity index (χ4n) is 10.1. The van der Waals surface area contributed by atoms with Crippen LogP contribution in [0.15, 0.2) is 60.8 Å². The van der Waals surface area contributed by atoms with E-state index in [4.69, 9.17) is 18.9 Å². The third-order valence-corrected chi connectivity index (χ3v) is 15.2. The van der Waals surface area contributed by atoms with Crippen LogP contribution in [0.2, 0.25) is 0 Å². The molecule has 14 heteroatoms. The van der Waals surface area contributed by atoms with Crippen molar-refractivity contribution in [3.05, 3.63) is 60.8 Å². The van der Waals surface area contributed by atoms with Crippen molar-refractivity contribution in [1.29, 1.82) is 0 Å². The molecule has 2 aliphatic heterocycles. The molecule has 2 aliphatic rings. The predicted molar refractivity (Wildman–Crippen MR) is 314 cm³/mol. The number of allylic oxidation sites excluding steroid dienone is 9. The van der Waals surface area contributed by atoms with E-state index in [1.807, 2.05) is 6.08 Å². The van der Waals surface area contributed by atoms with Gasteiger partial charge in [-0.25, -0.2) is 0 Å². The predicted octanol–water partition coefficient (Wildman–Crippen LogP) is 11.3. The van der Waals surface area contributed by atoms with Crippen molar-refractivity contribution >= 4 is 5.91 Å². The smallest absolute Gasteiger partial charge is 0.220 e. The summed E-state index contributed by atoms with van der Waals surface area (Å²) in [7, 11) is 0. The Bertz CT molecular complexity index is 1540. The lowest BCUT2D eigenvalue weighted by molar-refractivity contribution is -0.359. The van der Waals surface area contributed by atoms with Gasteiger partial charge in [-0.05, 0) is 70.6 Å². The van der Waals surface area contributed by atoms with Gasteiger partial charge in [0.1, 0.15) is 48.8 Å². The van der Waals surface area contributed by atoms with Gasteiger partial charge >= 0.3 is 0 Å². The number of nitrogens with one attached hydrogen (secondary N) is 1. The Morgan fingerprint density at radius 2 is 0.859 bits per heavy atom. The Hall–Kier alpha value is -2.31. The van der Waals surface area contributed by atoms with E-state index in [1.54, 1.807) is 6.08 Å². The number of aliphatic hydroxyl groups excluding tert-OH is 8. The van der Waals surface area contributed by atoms with Crippen LogP contribution in [-0.2, 0) is 23.7 Å². The summed E-state index contributed by atoms with van der Waals surface area (Å²) in [5.41, 5.74) is 0. The van der Waals surface area contributed by atoms with Crippen LogP contribution in [0.3, 0.4) is 0 Å². The van der Waals surface area contributed by atoms with Gasteiger partial charge < -0.3 is 65.1 Å². The molecule has 9 N–H and O–H groups in total. The molecule has 2 fully saturated rings. The molecule has 0 aliphatic carbocycles. The SMILES string of the molecule is CCCCCCC/C=C\C/C=C\C/C=C\CCCCCCCCCCCCC(=O)NC(COC1OC(CO)C(OC2OC(CO)C(O)C(O)C2O)C(O)C1O)C(O)/C=C/CC/C=C/CCCCCCCCCCCCCCC. The van der Waals surface area contributed by atoms with Crippen LogP contribution >= 0.6 is 0 Å². The Balaban J connectivity index is 1.75. The van der Waals surface area contributed by atoms with Gasteiger partial charge in [0.15, 0.2) is 12.6 Å². The number of hydrogen-bond donors (Lipinski definition) is 9. The zero-order valence-electron chi connectivity index (χ0n) is 48.9. The maximum atomic E-state index is 13.3. The summed E-state index contributed by atoms with van der Waals surface area (Å²) in [5.74, 6) is -0.253. The molecule has 0 aromatic rings. The average molecular weight is 1110 g/mol. The second kappa shape index (κ2) is 49.3. The van der Waals surface area contributed by atoms with Crippen LogP contribution in [0.25, 0.3) is 0 Å². The van der Waals surface area contributed by atoms with E-state index in [1.165, 1.54) is 161 Å². The van der Waals surface area contributed by atoms with E-state index < -0.39 is 86.8 Å². The third kappa shape index (κ3) is 34.2. The van der Waals surface area contributed by atoms with E-state index in [9.17, 15) is 45.6 Å². The Morgan fingerprint density at radius 1 is 0.462 bits per heavy atom. The first-order chi connectivity index (χ1) is 38.1. The highest BCUT2D eigenvalue weighted by Gasteiger charge is 2.51. The molecule has 0 radical (unpaired) electrons. The fraction of sp³-hybridized carbons (Fsp3) is 0.828. The van der Waals surface area contributed by atoms with E-state index in [0.29, 0.717) is 12.8 Å². The van der Waals surface area contributed by atoms with Crippen molar-refractivity contribution in [2.45, 2.75) is 319 Å². The summed E-state index contributed by atoms with van der Waals surface area (Å²) in [6, 6.07) is -0.936. The summed E-state index contributed by atoms with van der Waals surface area (Å²) in [6.07, 6.45) is 46.8. The lowest BCUT2D eigenvalue weighted by atomic mass is 9.97. The molecular formula is C64H115NO13. The topological polar surface area (TPSA) is 228 Å². The molecule has 0 bridgehead atoms. The summed E-state index contributed by atoms with van der Waals surface area (Å²) in [4.78, 5) is 13.3. The quantitative estimate of drug-likeness (QED) is 0.0204. The van der Waals surface area contributed by atoms with Gasteiger partial charge in [0.25, 0.3) is 0 Å². The molecule has 2 rings (SSSR count). The van der Waals surface area contributed by atoms with E-state index in [-0.39, 0.29) is 18.9 Å². The van der Waals surface area contributed by atoms with Crippen molar-refractivity contribution in [2.24, 2.45) is 0 Å². The van der Waals surface area contributed by atoms with Gasteiger partial charge in [0, 0.05) is 6.42 Å². The highest BCUT2D eigenvalue weighted by molar-refractivity contribution is 5.76. The lowest BCUT2D eigenvalue weighted by Crippen LogP contribution is -2.65. The summed E-state index contributed by atoms with van der Waals surface area (Å²) < 4.78 is 22.8. The molecular weight excluding hydrogens is 991 g/mol. The summed E-state index contributed by atoms with van der Waals surface area (Å²) >= 11 is 0. The van der Waals surface area contributed by atoms with Crippen molar-refractivity contribution < 1.29 is 64.6 Å². The van der Waals surface area contributed by atoms with Gasteiger partial charge in [-0.15, -0.1) is 0 Å². The molecule has 2 saturated heterocycles. The van der Waals surface area contributed by atoms with Gasteiger partial charge in [0.05, 0.1) is 32.0 Å². The van der Waals surface area contributed by atoms with Crippen LogP contribution in [0.4, 0.5) is 0 Å². The van der Waals surface area contributed by atoms with Gasteiger partial charge in [-0.2, -0.15) is 0 Å². The van der Waals surface area contributed by atoms with Gasteiger partial charge in [0.2, 0.25) is 5.91 Å². The number of carbonyl (C=O) groups excluding carboxylic acids is 1. The number of rotatable bonds is 50. The minimum atomic E-state index is -1.79. The Labute approximate surface area is 473 Å². The highest BCUT2D eigenvalue weighted by atomic mass is 16.7. The molecule has 454 valence electrons. The minimum absolute atomic E-state index is 0.253. The molecule has 14 nitrogen and oxygen atoms in total.